The molecule has 1 heterocycles. The largest absolute Gasteiger partial charge is 0.454 e. The standard InChI is InChI=1S/C17H28O7/c1-4-6-8-10-22-17-16(23-12(3)19)15(21-9-7-5-2)14(20)13(11-18)24-17/h1,13-18,20H,5-11H2,2-3H3/t13?,14-,15?,16?,17-/m1/s1. The Kier molecular flexibility index (Phi) is 9.91. The molecule has 0 aliphatic carbocycles. The van der Waals surface area contributed by atoms with Gasteiger partial charge in [0, 0.05) is 20.0 Å². The molecule has 0 aromatic carbocycles. The van der Waals surface area contributed by atoms with Crippen LogP contribution < -0.4 is 0 Å². The summed E-state index contributed by atoms with van der Waals surface area (Å²) in [4.78, 5) is 11.4. The lowest BCUT2D eigenvalue weighted by Gasteiger charge is -2.43. The number of ether oxygens (including phenoxy) is 4. The minimum atomic E-state index is -1.12. The van der Waals surface area contributed by atoms with Gasteiger partial charge in [-0.05, 0) is 12.8 Å². The molecule has 0 saturated carbocycles. The minimum Gasteiger partial charge on any atom is -0.454 e. The van der Waals surface area contributed by atoms with Gasteiger partial charge in [-0.2, -0.15) is 0 Å². The van der Waals surface area contributed by atoms with Crippen molar-refractivity contribution >= 4 is 5.97 Å². The highest BCUT2D eigenvalue weighted by Crippen LogP contribution is 2.27. The zero-order valence-electron chi connectivity index (χ0n) is 14.3. The smallest absolute Gasteiger partial charge is 0.303 e. The predicted molar refractivity (Wildman–Crippen MR) is 86.0 cm³/mol. The molecule has 2 N–H and O–H groups in total. The second-order valence-electron chi connectivity index (χ2n) is 5.66. The molecule has 1 fully saturated rings. The summed E-state index contributed by atoms with van der Waals surface area (Å²) in [6, 6.07) is 0. The third-order valence-electron chi connectivity index (χ3n) is 3.66. The highest BCUT2D eigenvalue weighted by Gasteiger charge is 2.48. The number of aliphatic hydroxyl groups excluding tert-OH is 2. The van der Waals surface area contributed by atoms with E-state index in [-0.39, 0.29) is 0 Å². The molecule has 1 aliphatic rings. The van der Waals surface area contributed by atoms with Crippen LogP contribution in [0.25, 0.3) is 0 Å². The number of hydrogen-bond acceptors (Lipinski definition) is 7. The van der Waals surface area contributed by atoms with Crippen molar-refractivity contribution in [1.29, 1.82) is 0 Å². The SMILES string of the molecule is C#CCCCO[C@@H]1OC(CO)[C@@H](O)C(OCCCC)C1OC(C)=O. The Morgan fingerprint density at radius 2 is 1.96 bits per heavy atom. The van der Waals surface area contributed by atoms with E-state index in [0.717, 1.165) is 12.8 Å². The molecular formula is C17H28O7. The van der Waals surface area contributed by atoms with E-state index in [1.165, 1.54) is 6.92 Å². The fraction of sp³-hybridized carbons (Fsp3) is 0.824. The van der Waals surface area contributed by atoms with E-state index in [4.69, 9.17) is 25.4 Å². The lowest BCUT2D eigenvalue weighted by atomic mass is 9.98. The Balaban J connectivity index is 2.82. The zero-order chi connectivity index (χ0) is 17.9. The fourth-order valence-electron chi connectivity index (χ4n) is 2.42. The maximum atomic E-state index is 11.4. The summed E-state index contributed by atoms with van der Waals surface area (Å²) in [5, 5.41) is 19.8. The second kappa shape index (κ2) is 11.4. The Labute approximate surface area is 143 Å². The van der Waals surface area contributed by atoms with Crippen LogP contribution in [0.4, 0.5) is 0 Å². The Morgan fingerprint density at radius 3 is 2.54 bits per heavy atom. The highest BCUT2D eigenvalue weighted by atomic mass is 16.7. The lowest BCUT2D eigenvalue weighted by molar-refractivity contribution is -0.310. The van der Waals surface area contributed by atoms with Gasteiger partial charge in [0.05, 0.1) is 13.2 Å². The molecule has 1 rings (SSSR count). The summed E-state index contributed by atoms with van der Waals surface area (Å²) in [6.07, 6.45) is 3.42. The van der Waals surface area contributed by atoms with E-state index in [9.17, 15) is 15.0 Å². The van der Waals surface area contributed by atoms with Crippen LogP contribution in [0.15, 0.2) is 0 Å². The van der Waals surface area contributed by atoms with Gasteiger partial charge in [0.2, 0.25) is 0 Å². The van der Waals surface area contributed by atoms with Crippen LogP contribution in [0, 0.1) is 12.3 Å². The molecule has 24 heavy (non-hydrogen) atoms. The van der Waals surface area contributed by atoms with E-state index < -0.39 is 43.3 Å². The number of esters is 1. The summed E-state index contributed by atoms with van der Waals surface area (Å²) >= 11 is 0. The van der Waals surface area contributed by atoms with Gasteiger partial charge in [-0.1, -0.05) is 13.3 Å². The van der Waals surface area contributed by atoms with E-state index in [1.54, 1.807) is 0 Å². The Hall–Kier alpha value is -1.17. The second-order valence-corrected chi connectivity index (χ2v) is 5.66. The van der Waals surface area contributed by atoms with Gasteiger partial charge in [-0.25, -0.2) is 0 Å². The van der Waals surface area contributed by atoms with Crippen molar-refractivity contribution in [3.63, 3.8) is 0 Å². The van der Waals surface area contributed by atoms with Crippen LogP contribution in [-0.2, 0) is 23.7 Å². The molecule has 138 valence electrons. The van der Waals surface area contributed by atoms with E-state index in [1.807, 2.05) is 6.92 Å². The maximum absolute atomic E-state index is 11.4. The van der Waals surface area contributed by atoms with Crippen LogP contribution >= 0.6 is 0 Å². The number of carbonyl (C=O) groups is 1. The van der Waals surface area contributed by atoms with Crippen molar-refractivity contribution in [3.8, 4) is 12.3 Å². The molecular weight excluding hydrogens is 316 g/mol. The van der Waals surface area contributed by atoms with E-state index in [2.05, 4.69) is 5.92 Å². The monoisotopic (exact) mass is 344 g/mol. The van der Waals surface area contributed by atoms with Crippen molar-refractivity contribution < 1.29 is 34.0 Å². The summed E-state index contributed by atoms with van der Waals surface area (Å²) in [7, 11) is 0. The highest BCUT2D eigenvalue weighted by molar-refractivity contribution is 5.66. The molecule has 5 atom stereocenters. The van der Waals surface area contributed by atoms with Crippen molar-refractivity contribution in [2.75, 3.05) is 19.8 Å². The minimum absolute atomic E-state index is 0.308. The molecule has 1 saturated heterocycles. The van der Waals surface area contributed by atoms with Crippen LogP contribution in [0.5, 0.6) is 0 Å². The molecule has 0 amide bonds. The van der Waals surface area contributed by atoms with Crippen LogP contribution in [0.3, 0.4) is 0 Å². The summed E-state index contributed by atoms with van der Waals surface area (Å²) in [5.74, 6) is 1.98. The topological polar surface area (TPSA) is 94.5 Å². The van der Waals surface area contributed by atoms with Gasteiger partial charge in [-0.15, -0.1) is 12.3 Å². The number of aliphatic hydroxyl groups is 2. The normalized spacial score (nSPS) is 29.9. The third kappa shape index (κ3) is 6.38. The fourth-order valence-corrected chi connectivity index (χ4v) is 2.42. The van der Waals surface area contributed by atoms with Gasteiger partial charge in [-0.3, -0.25) is 4.79 Å². The average molecular weight is 344 g/mol. The van der Waals surface area contributed by atoms with Gasteiger partial charge in [0.25, 0.3) is 0 Å². The van der Waals surface area contributed by atoms with Gasteiger partial charge in [0.15, 0.2) is 12.4 Å². The first-order valence-corrected chi connectivity index (χ1v) is 8.33. The summed E-state index contributed by atoms with van der Waals surface area (Å²) < 4.78 is 22.1. The van der Waals surface area contributed by atoms with Crippen molar-refractivity contribution in [1.82, 2.24) is 0 Å². The van der Waals surface area contributed by atoms with Gasteiger partial charge >= 0.3 is 5.97 Å². The number of hydrogen-bond donors (Lipinski definition) is 2. The molecule has 3 unspecified atom stereocenters. The third-order valence-corrected chi connectivity index (χ3v) is 3.66. The summed E-state index contributed by atoms with van der Waals surface area (Å²) in [5.41, 5.74) is 0. The van der Waals surface area contributed by atoms with Gasteiger partial charge in [0.1, 0.15) is 18.3 Å². The number of unbranched alkanes of at least 4 members (excludes halogenated alkanes) is 2. The number of rotatable bonds is 10. The molecule has 0 aromatic heterocycles. The Bertz CT molecular complexity index is 406. The molecule has 0 aromatic rings. The first-order chi connectivity index (χ1) is 11.5. The van der Waals surface area contributed by atoms with Crippen LogP contribution in [-0.4, -0.2) is 66.7 Å². The van der Waals surface area contributed by atoms with Crippen molar-refractivity contribution in [3.05, 3.63) is 0 Å². The van der Waals surface area contributed by atoms with Crippen LogP contribution in [0.2, 0.25) is 0 Å². The molecule has 7 heteroatoms. The quantitative estimate of drug-likeness (QED) is 0.341. The average Bonchev–Trinajstić information content (AvgIpc) is 2.55. The maximum Gasteiger partial charge on any atom is 0.303 e. The molecule has 7 nitrogen and oxygen atoms in total. The van der Waals surface area contributed by atoms with Crippen LogP contribution in [0.1, 0.15) is 39.5 Å². The zero-order valence-corrected chi connectivity index (χ0v) is 14.3. The molecule has 1 aliphatic heterocycles. The van der Waals surface area contributed by atoms with E-state index >= 15 is 0 Å². The number of terminal acetylenes is 1. The first-order valence-electron chi connectivity index (χ1n) is 8.33. The van der Waals surface area contributed by atoms with Crippen molar-refractivity contribution in [2.24, 2.45) is 0 Å². The van der Waals surface area contributed by atoms with Crippen molar-refractivity contribution in [2.45, 2.75) is 70.2 Å². The van der Waals surface area contributed by atoms with Gasteiger partial charge < -0.3 is 29.2 Å². The predicted octanol–water partition coefficient (Wildman–Crippen LogP) is 0.611. The lowest BCUT2D eigenvalue weighted by Crippen LogP contribution is -2.61. The first kappa shape index (κ1) is 20.9. The molecule has 0 spiro atoms. The molecule has 0 radical (unpaired) electrons. The van der Waals surface area contributed by atoms with E-state index in [0.29, 0.717) is 26.1 Å². The number of carbonyl (C=O) groups excluding carboxylic acids is 1. The summed E-state index contributed by atoms with van der Waals surface area (Å²) in [6.45, 7) is 3.59. The Morgan fingerprint density at radius 1 is 1.25 bits per heavy atom. The molecule has 0 bridgehead atoms.